The first kappa shape index (κ1) is 54.5. The number of hydrogen-bond acceptors (Lipinski definition) is 20. The van der Waals surface area contributed by atoms with Crippen molar-refractivity contribution < 1.29 is 81.7 Å². The largest absolute Gasteiger partial charge is 0.463 e. The number of hydrazone groups is 1. The maximum Gasteiger partial charge on any atom is 0.359 e. The number of para-hydroxylation sites is 1. The minimum Gasteiger partial charge on any atom is -0.463 e. The van der Waals surface area contributed by atoms with Crippen LogP contribution in [-0.4, -0.2) is 109 Å². The van der Waals surface area contributed by atoms with Crippen molar-refractivity contribution in [3.63, 3.8) is 0 Å². The van der Waals surface area contributed by atoms with E-state index in [1.807, 2.05) is 0 Å². The van der Waals surface area contributed by atoms with E-state index >= 15 is 0 Å². The second kappa shape index (κ2) is 25.6. The van der Waals surface area contributed by atoms with Crippen LogP contribution in [0.4, 0.5) is 5.69 Å². The van der Waals surface area contributed by atoms with Gasteiger partial charge in [0, 0.05) is 0 Å². The second-order valence-electron chi connectivity index (χ2n) is 19.3. The highest BCUT2D eigenvalue weighted by atomic mass is 32.2. The number of esters is 7. The summed E-state index contributed by atoms with van der Waals surface area (Å²) in [6, 6.07) is 11.7. The number of anilines is 1. The van der Waals surface area contributed by atoms with Gasteiger partial charge in [-0.05, 0) is 134 Å². The van der Waals surface area contributed by atoms with E-state index < -0.39 is 35.7 Å². The average molecular weight is 1060 g/mol. The third-order valence-corrected chi connectivity index (χ3v) is 17.0. The molecule has 0 atom stereocenters. The third-order valence-electron chi connectivity index (χ3n) is 14.4. The van der Waals surface area contributed by atoms with Crippen LogP contribution in [0.15, 0.2) is 67.2 Å². The van der Waals surface area contributed by atoms with E-state index in [0.717, 1.165) is 28.5 Å². The minimum atomic E-state index is -0.812. The number of fused-ring (bicyclic) bond motifs is 1. The summed E-state index contributed by atoms with van der Waals surface area (Å²) < 4.78 is 39.8. The summed E-state index contributed by atoms with van der Waals surface area (Å²) in [5.74, 6) is -5.83. The van der Waals surface area contributed by atoms with Gasteiger partial charge in [-0.25, -0.2) is 4.79 Å². The molecule has 0 saturated heterocycles. The second-order valence-corrected chi connectivity index (χ2v) is 21.6. The van der Waals surface area contributed by atoms with E-state index in [-0.39, 0.29) is 116 Å². The van der Waals surface area contributed by atoms with Gasteiger partial charge in [-0.1, -0.05) is 41.7 Å². The van der Waals surface area contributed by atoms with Gasteiger partial charge in [-0.15, -0.1) is 0 Å². The lowest BCUT2D eigenvalue weighted by molar-refractivity contribution is -0.161. The molecule has 0 unspecified atom stereocenters. The summed E-state index contributed by atoms with van der Waals surface area (Å²) in [4.78, 5) is 107. The molecule has 19 nitrogen and oxygen atoms in total. The zero-order valence-corrected chi connectivity index (χ0v) is 42.9. The number of nitrogens with zero attached hydrogens (tertiary/aromatic N) is 2. The number of aliphatic hydroxyl groups is 2. The van der Waals surface area contributed by atoms with E-state index in [1.165, 1.54) is 12.1 Å². The molecule has 4 aliphatic carbocycles. The molecule has 6 aliphatic rings. The number of ether oxygens (including phenoxy) is 7. The number of rotatable bonds is 17. The lowest BCUT2D eigenvalue weighted by atomic mass is 9.82. The molecule has 2 aromatic carbocycles. The quantitative estimate of drug-likeness (QED) is 0.0718. The smallest absolute Gasteiger partial charge is 0.359 e. The van der Waals surface area contributed by atoms with Crippen molar-refractivity contribution in [3.05, 3.63) is 52.3 Å². The lowest BCUT2D eigenvalue weighted by Gasteiger charge is -2.30. The monoisotopic (exact) mass is 1060 g/mol. The maximum absolute atomic E-state index is 14.2. The van der Waals surface area contributed by atoms with Gasteiger partial charge in [0.2, 0.25) is 0 Å². The number of carbonyl (C=O) groups excluding carboxylic acids is 8. The molecule has 2 heterocycles. The first-order valence-electron chi connectivity index (χ1n) is 25.7. The van der Waals surface area contributed by atoms with Crippen molar-refractivity contribution in [2.24, 2.45) is 40.6 Å². The van der Waals surface area contributed by atoms with Crippen molar-refractivity contribution in [2.45, 2.75) is 132 Å². The predicted octanol–water partition coefficient (Wildman–Crippen LogP) is 6.76. The lowest BCUT2D eigenvalue weighted by Crippen LogP contribution is -2.33. The Morgan fingerprint density at radius 3 is 1.34 bits per heavy atom. The predicted molar refractivity (Wildman–Crippen MR) is 265 cm³/mol. The van der Waals surface area contributed by atoms with Gasteiger partial charge in [0.05, 0.1) is 80.6 Å². The van der Waals surface area contributed by atoms with Crippen LogP contribution in [0.2, 0.25) is 0 Å². The molecule has 0 bridgehead atoms. The molecular formula is C53H62N2O17S2. The highest BCUT2D eigenvalue weighted by Crippen LogP contribution is 2.60. The highest BCUT2D eigenvalue weighted by Gasteiger charge is 2.43. The first-order chi connectivity index (χ1) is 35.8. The van der Waals surface area contributed by atoms with Crippen molar-refractivity contribution in [2.75, 3.05) is 38.0 Å². The Balaban J connectivity index is 0.922. The van der Waals surface area contributed by atoms with Crippen LogP contribution in [0.25, 0.3) is 0 Å². The molecule has 2 aliphatic heterocycles. The van der Waals surface area contributed by atoms with Crippen LogP contribution >= 0.6 is 23.5 Å². The van der Waals surface area contributed by atoms with Gasteiger partial charge >= 0.3 is 41.8 Å². The van der Waals surface area contributed by atoms with Gasteiger partial charge in [-0.2, -0.15) is 10.1 Å². The molecule has 0 spiro atoms. The van der Waals surface area contributed by atoms with Crippen LogP contribution in [0.3, 0.4) is 0 Å². The highest BCUT2D eigenvalue weighted by molar-refractivity contribution is 8.25. The number of benzene rings is 2. The minimum absolute atomic E-state index is 0.0243. The SMILES string of the molecule is CCOC(=O)C1=NN(c2ccccc2)C(=O)C1=C1Sc2c(OC(=O)C3CCC(OC(=O)C4CCC(C(=O)OCCO)CC4)CC3)ccc(OC(=O)C3CCC(OC(=O)C4CCC(C(=O)OCCO)CC4)CC3)c2S1. The van der Waals surface area contributed by atoms with Gasteiger partial charge in [0.1, 0.15) is 36.9 Å². The third kappa shape index (κ3) is 13.2. The van der Waals surface area contributed by atoms with Crippen LogP contribution in [-0.2, 0) is 62.0 Å². The number of aliphatic hydroxyl groups excluding tert-OH is 2. The number of amides is 1. The fourth-order valence-electron chi connectivity index (χ4n) is 10.3. The molecule has 4 saturated carbocycles. The summed E-state index contributed by atoms with van der Waals surface area (Å²) in [7, 11) is 0. The Morgan fingerprint density at radius 1 is 0.541 bits per heavy atom. The zero-order valence-electron chi connectivity index (χ0n) is 41.2. The van der Waals surface area contributed by atoms with Crippen molar-refractivity contribution >= 4 is 82.6 Å². The fraction of sp³-hybridized carbons (Fsp3) is 0.566. The van der Waals surface area contributed by atoms with Crippen molar-refractivity contribution in [1.29, 1.82) is 0 Å². The molecule has 8 rings (SSSR count). The number of carbonyl (C=O) groups is 8. The first-order valence-corrected chi connectivity index (χ1v) is 27.3. The zero-order chi connectivity index (χ0) is 52.3. The molecule has 4 fully saturated rings. The van der Waals surface area contributed by atoms with Crippen LogP contribution < -0.4 is 14.5 Å². The Labute approximate surface area is 436 Å². The van der Waals surface area contributed by atoms with Crippen molar-refractivity contribution in [1.82, 2.24) is 0 Å². The Bertz CT molecular complexity index is 2370. The van der Waals surface area contributed by atoms with Crippen LogP contribution in [0.5, 0.6) is 11.5 Å². The maximum atomic E-state index is 14.2. The summed E-state index contributed by atoms with van der Waals surface area (Å²) in [5, 5.41) is 23.4. The van der Waals surface area contributed by atoms with Gasteiger partial charge in [0.25, 0.3) is 5.91 Å². The Kier molecular flexibility index (Phi) is 18.9. The molecule has 0 aromatic heterocycles. The molecule has 2 aromatic rings. The van der Waals surface area contributed by atoms with E-state index in [0.29, 0.717) is 122 Å². The van der Waals surface area contributed by atoms with E-state index in [9.17, 15) is 38.4 Å². The Hall–Kier alpha value is -5.77. The van der Waals surface area contributed by atoms with E-state index in [1.54, 1.807) is 37.3 Å². The summed E-state index contributed by atoms with van der Waals surface area (Å²) in [6.07, 6.45) is 6.53. The molecular weight excluding hydrogens is 1000 g/mol. The normalized spacial score (nSPS) is 25.7. The topological polar surface area (TPSA) is 257 Å². The van der Waals surface area contributed by atoms with Gasteiger partial charge < -0.3 is 43.4 Å². The molecule has 0 radical (unpaired) electrons. The molecule has 1 amide bonds. The number of hydrogen-bond donors (Lipinski definition) is 2. The standard InChI is InChI=1S/C53H62N2O17S2/c1-2-66-52(65)42-41(45(58)55(54-42)36-6-4-3-5-7-36)53-73-43-39(71-50(63)34-16-20-37(21-17-34)69-48(61)32-12-8-30(9-13-32)46(59)67-28-26-56)24-25-40(44(43)74-53)72-51(64)35-18-22-38(23-19-35)70-49(62)33-14-10-31(11-15-33)47(60)68-29-27-57/h3-7,24-25,30-35,37-38,56-57H,2,8-23,26-29H2,1H3. The molecule has 398 valence electrons. The van der Waals surface area contributed by atoms with E-state index in [4.69, 9.17) is 43.4 Å². The van der Waals surface area contributed by atoms with Gasteiger partial charge in [0.15, 0.2) is 5.71 Å². The molecule has 74 heavy (non-hydrogen) atoms. The van der Waals surface area contributed by atoms with Gasteiger partial charge in [-0.3, -0.25) is 33.6 Å². The summed E-state index contributed by atoms with van der Waals surface area (Å²) in [5.41, 5.74) is 0.173. The number of thioether (sulfide) groups is 2. The molecule has 2 N–H and O–H groups in total. The average Bonchev–Trinajstić information content (AvgIpc) is 4.03. The van der Waals surface area contributed by atoms with Crippen LogP contribution in [0, 0.1) is 35.5 Å². The van der Waals surface area contributed by atoms with Crippen LogP contribution in [0.1, 0.15) is 110 Å². The molecule has 21 heteroatoms. The summed E-state index contributed by atoms with van der Waals surface area (Å²) in [6.45, 7) is 1.06. The Morgan fingerprint density at radius 2 is 0.932 bits per heavy atom. The summed E-state index contributed by atoms with van der Waals surface area (Å²) >= 11 is 2.16. The van der Waals surface area contributed by atoms with E-state index in [2.05, 4.69) is 5.10 Å². The van der Waals surface area contributed by atoms with Crippen molar-refractivity contribution in [3.8, 4) is 11.5 Å². The fourth-order valence-corrected chi connectivity index (χ4v) is 12.9.